The molecule has 104 valence electrons. The normalized spacial score (nSPS) is 10.2. The van der Waals surface area contributed by atoms with Gasteiger partial charge in [0.15, 0.2) is 0 Å². The number of carbonyl (C=O) groups excluding carboxylic acids is 1. The van der Waals surface area contributed by atoms with Gasteiger partial charge in [-0.05, 0) is 30.2 Å². The predicted molar refractivity (Wildman–Crippen MR) is 78.9 cm³/mol. The van der Waals surface area contributed by atoms with Gasteiger partial charge < -0.3 is 10.6 Å². The summed E-state index contributed by atoms with van der Waals surface area (Å²) in [7, 11) is 1.72. The molecule has 0 radical (unpaired) electrons. The molecular weight excluding hydrogens is 276 g/mol. The molecule has 6 heteroatoms. The molecular formula is C14H15ClN4O. The molecule has 0 saturated heterocycles. The first-order valence-corrected chi connectivity index (χ1v) is 6.50. The molecule has 2 heterocycles. The van der Waals surface area contributed by atoms with Crippen LogP contribution in [0.2, 0.25) is 5.02 Å². The van der Waals surface area contributed by atoms with Crippen LogP contribution in [0, 0.1) is 6.92 Å². The van der Waals surface area contributed by atoms with Gasteiger partial charge in [0.05, 0.1) is 10.6 Å². The largest absolute Gasteiger partial charge is 0.372 e. The first kappa shape index (κ1) is 14.3. The highest BCUT2D eigenvalue weighted by Crippen LogP contribution is 2.19. The minimum Gasteiger partial charge on any atom is -0.372 e. The second kappa shape index (κ2) is 6.34. The Morgan fingerprint density at radius 3 is 2.85 bits per heavy atom. The van der Waals surface area contributed by atoms with E-state index in [2.05, 4.69) is 20.6 Å². The predicted octanol–water partition coefficient (Wildman–Crippen LogP) is 2.41. The highest BCUT2D eigenvalue weighted by atomic mass is 35.5. The number of anilines is 1. The first-order valence-electron chi connectivity index (χ1n) is 6.13. The molecule has 0 spiro atoms. The van der Waals surface area contributed by atoms with Crippen molar-refractivity contribution in [3.05, 3.63) is 52.4 Å². The van der Waals surface area contributed by atoms with Crippen molar-refractivity contribution < 1.29 is 4.79 Å². The molecule has 0 unspecified atom stereocenters. The number of rotatable bonds is 4. The van der Waals surface area contributed by atoms with Gasteiger partial charge in [0, 0.05) is 32.2 Å². The summed E-state index contributed by atoms with van der Waals surface area (Å²) in [5, 5.41) is 6.10. The van der Waals surface area contributed by atoms with E-state index in [1.165, 1.54) is 6.20 Å². The molecule has 2 aromatic rings. The number of aryl methyl sites for hydroxylation is 1. The maximum absolute atomic E-state index is 12.0. The van der Waals surface area contributed by atoms with Crippen LogP contribution < -0.4 is 10.6 Å². The summed E-state index contributed by atoms with van der Waals surface area (Å²) in [6, 6.07) is 3.47. The fraction of sp³-hybridized carbons (Fsp3) is 0.214. The molecule has 2 aromatic heterocycles. The lowest BCUT2D eigenvalue weighted by molar-refractivity contribution is 0.0950. The van der Waals surface area contributed by atoms with E-state index in [4.69, 9.17) is 11.6 Å². The topological polar surface area (TPSA) is 66.9 Å². The fourth-order valence-corrected chi connectivity index (χ4v) is 1.98. The van der Waals surface area contributed by atoms with Crippen molar-refractivity contribution in [2.24, 2.45) is 0 Å². The number of hydrogen-bond acceptors (Lipinski definition) is 4. The van der Waals surface area contributed by atoms with E-state index in [0.717, 1.165) is 11.1 Å². The molecule has 2 N–H and O–H groups in total. The smallest absolute Gasteiger partial charge is 0.253 e. The number of amides is 1. The summed E-state index contributed by atoms with van der Waals surface area (Å²) in [6.45, 7) is 2.40. The summed E-state index contributed by atoms with van der Waals surface area (Å²) in [6.07, 6.45) is 4.96. The van der Waals surface area contributed by atoms with Crippen molar-refractivity contribution in [1.82, 2.24) is 15.3 Å². The van der Waals surface area contributed by atoms with Crippen LogP contribution in [0.4, 0.5) is 5.82 Å². The molecule has 1 amide bonds. The molecule has 0 aliphatic heterocycles. The number of aromatic nitrogens is 2. The van der Waals surface area contributed by atoms with Crippen LogP contribution in [0.15, 0.2) is 30.7 Å². The molecule has 0 fully saturated rings. The van der Waals surface area contributed by atoms with Crippen molar-refractivity contribution in [1.29, 1.82) is 0 Å². The van der Waals surface area contributed by atoms with Gasteiger partial charge in [-0.3, -0.25) is 9.78 Å². The third-order valence-corrected chi connectivity index (χ3v) is 3.20. The van der Waals surface area contributed by atoms with Crippen LogP contribution in [0.25, 0.3) is 0 Å². The van der Waals surface area contributed by atoms with Crippen molar-refractivity contribution >= 4 is 23.3 Å². The maximum atomic E-state index is 12.0. The number of nitrogens with zero attached hydrogens (tertiary/aromatic N) is 2. The van der Waals surface area contributed by atoms with Crippen molar-refractivity contribution in [3.8, 4) is 0 Å². The second-order valence-electron chi connectivity index (χ2n) is 4.29. The Hall–Kier alpha value is -2.14. The van der Waals surface area contributed by atoms with Gasteiger partial charge in [-0.1, -0.05) is 11.6 Å². The summed E-state index contributed by atoms with van der Waals surface area (Å²) in [4.78, 5) is 20.1. The number of nitrogens with one attached hydrogen (secondary N) is 2. The van der Waals surface area contributed by atoms with Crippen LogP contribution in [-0.4, -0.2) is 22.9 Å². The Bertz CT molecular complexity index is 630. The Morgan fingerprint density at radius 1 is 1.40 bits per heavy atom. The molecule has 0 saturated carbocycles. The monoisotopic (exact) mass is 290 g/mol. The van der Waals surface area contributed by atoms with Crippen LogP contribution in [0.5, 0.6) is 0 Å². The standard InChI is InChI=1S/C14H15ClN4O/c1-9-6-17-4-3-10(9)7-19-14(20)11-5-12(15)13(16-2)18-8-11/h3-6,8H,7H2,1-2H3,(H,16,18)(H,19,20). The van der Waals surface area contributed by atoms with Gasteiger partial charge in [-0.25, -0.2) is 4.98 Å². The summed E-state index contributed by atoms with van der Waals surface area (Å²) < 4.78 is 0. The van der Waals surface area contributed by atoms with Crippen molar-refractivity contribution in [2.75, 3.05) is 12.4 Å². The average Bonchev–Trinajstić information content (AvgIpc) is 2.46. The minimum atomic E-state index is -0.210. The third-order valence-electron chi connectivity index (χ3n) is 2.92. The van der Waals surface area contributed by atoms with Gasteiger partial charge in [-0.2, -0.15) is 0 Å². The number of halogens is 1. The van der Waals surface area contributed by atoms with E-state index >= 15 is 0 Å². The van der Waals surface area contributed by atoms with Gasteiger partial charge in [0.25, 0.3) is 5.91 Å². The molecule has 5 nitrogen and oxygen atoms in total. The van der Waals surface area contributed by atoms with Gasteiger partial charge in [0.1, 0.15) is 5.82 Å². The second-order valence-corrected chi connectivity index (χ2v) is 4.70. The zero-order valence-corrected chi connectivity index (χ0v) is 12.0. The Labute approximate surface area is 122 Å². The lowest BCUT2D eigenvalue weighted by Gasteiger charge is -2.08. The highest BCUT2D eigenvalue weighted by molar-refractivity contribution is 6.33. The Kier molecular flexibility index (Phi) is 4.53. The summed E-state index contributed by atoms with van der Waals surface area (Å²) in [5.41, 5.74) is 2.49. The Morgan fingerprint density at radius 2 is 2.20 bits per heavy atom. The highest BCUT2D eigenvalue weighted by Gasteiger charge is 2.09. The first-order chi connectivity index (χ1) is 9.61. The number of hydrogen-bond donors (Lipinski definition) is 2. The quantitative estimate of drug-likeness (QED) is 0.907. The maximum Gasteiger partial charge on any atom is 0.253 e. The van der Waals surface area contributed by atoms with Crippen LogP contribution in [0.3, 0.4) is 0 Å². The Balaban J connectivity index is 2.05. The molecule has 2 rings (SSSR count). The van der Waals surface area contributed by atoms with Crippen molar-refractivity contribution in [3.63, 3.8) is 0 Å². The molecule has 0 aliphatic rings. The molecule has 0 atom stereocenters. The number of carbonyl (C=O) groups is 1. The molecule has 0 aliphatic carbocycles. The molecule has 20 heavy (non-hydrogen) atoms. The lowest BCUT2D eigenvalue weighted by Crippen LogP contribution is -2.23. The van der Waals surface area contributed by atoms with Gasteiger partial charge in [0.2, 0.25) is 0 Å². The van der Waals surface area contributed by atoms with E-state index < -0.39 is 0 Å². The van der Waals surface area contributed by atoms with E-state index in [1.807, 2.05) is 13.0 Å². The zero-order valence-electron chi connectivity index (χ0n) is 11.3. The minimum absolute atomic E-state index is 0.210. The van der Waals surface area contributed by atoms with Gasteiger partial charge in [-0.15, -0.1) is 0 Å². The summed E-state index contributed by atoms with van der Waals surface area (Å²) >= 11 is 6.00. The van der Waals surface area contributed by atoms with Crippen LogP contribution >= 0.6 is 11.6 Å². The van der Waals surface area contributed by atoms with E-state index in [0.29, 0.717) is 22.9 Å². The third kappa shape index (κ3) is 3.24. The lowest BCUT2D eigenvalue weighted by atomic mass is 10.1. The van der Waals surface area contributed by atoms with E-state index in [-0.39, 0.29) is 5.91 Å². The van der Waals surface area contributed by atoms with Gasteiger partial charge >= 0.3 is 0 Å². The van der Waals surface area contributed by atoms with Crippen LogP contribution in [-0.2, 0) is 6.54 Å². The summed E-state index contributed by atoms with van der Waals surface area (Å²) in [5.74, 6) is 0.339. The van der Waals surface area contributed by atoms with Crippen LogP contribution in [0.1, 0.15) is 21.5 Å². The van der Waals surface area contributed by atoms with Crippen molar-refractivity contribution in [2.45, 2.75) is 13.5 Å². The van der Waals surface area contributed by atoms with E-state index in [9.17, 15) is 4.79 Å². The number of pyridine rings is 2. The average molecular weight is 291 g/mol. The zero-order chi connectivity index (χ0) is 14.5. The SMILES string of the molecule is CNc1ncc(C(=O)NCc2ccncc2C)cc1Cl. The van der Waals surface area contributed by atoms with E-state index in [1.54, 1.807) is 25.5 Å². The molecule has 0 bridgehead atoms. The molecule has 0 aromatic carbocycles. The fourth-order valence-electron chi connectivity index (χ4n) is 1.72.